The lowest BCUT2D eigenvalue weighted by molar-refractivity contribution is -0.143. The van der Waals surface area contributed by atoms with Crippen molar-refractivity contribution in [3.8, 4) is 0 Å². The molecule has 1 rings (SSSR count). The molecule has 0 bridgehead atoms. The number of aliphatic carboxylic acids is 1. The van der Waals surface area contributed by atoms with Crippen LogP contribution in [0.4, 0.5) is 0 Å². The topological polar surface area (TPSA) is 69.6 Å². The summed E-state index contributed by atoms with van der Waals surface area (Å²) >= 11 is 0. The predicted molar refractivity (Wildman–Crippen MR) is 69.3 cm³/mol. The van der Waals surface area contributed by atoms with Gasteiger partial charge in [0.15, 0.2) is 0 Å². The van der Waals surface area contributed by atoms with E-state index in [0.717, 1.165) is 25.9 Å². The lowest BCUT2D eigenvalue weighted by Crippen LogP contribution is -2.36. The number of carbonyl (C=O) groups excluding carboxylic acids is 1. The Bertz CT molecular complexity index is 288. The van der Waals surface area contributed by atoms with Crippen molar-refractivity contribution in [2.75, 3.05) is 26.2 Å². The molecule has 1 saturated heterocycles. The van der Waals surface area contributed by atoms with E-state index in [-0.39, 0.29) is 5.91 Å². The number of nitrogens with zero attached hydrogens (tertiary/aromatic N) is 1. The van der Waals surface area contributed by atoms with Crippen molar-refractivity contribution in [2.45, 2.75) is 33.1 Å². The van der Waals surface area contributed by atoms with Gasteiger partial charge in [-0.25, -0.2) is 0 Å². The first-order valence-corrected chi connectivity index (χ1v) is 6.75. The third-order valence-corrected chi connectivity index (χ3v) is 3.58. The Morgan fingerprint density at radius 3 is 2.72 bits per heavy atom. The van der Waals surface area contributed by atoms with Gasteiger partial charge in [0, 0.05) is 19.5 Å². The third-order valence-electron chi connectivity index (χ3n) is 3.58. The average molecular weight is 256 g/mol. The number of hydrogen-bond donors (Lipinski definition) is 2. The van der Waals surface area contributed by atoms with Crippen LogP contribution in [0.1, 0.15) is 33.1 Å². The van der Waals surface area contributed by atoms with E-state index in [1.165, 1.54) is 0 Å². The minimum absolute atomic E-state index is 0.0810. The lowest BCUT2D eigenvalue weighted by Gasteiger charge is -2.23. The fourth-order valence-corrected chi connectivity index (χ4v) is 2.26. The highest BCUT2D eigenvalue weighted by atomic mass is 16.4. The van der Waals surface area contributed by atoms with Crippen LogP contribution in [0.25, 0.3) is 0 Å². The van der Waals surface area contributed by atoms with Gasteiger partial charge < -0.3 is 15.3 Å². The van der Waals surface area contributed by atoms with Crippen molar-refractivity contribution >= 4 is 11.9 Å². The maximum Gasteiger partial charge on any atom is 0.308 e. The van der Waals surface area contributed by atoms with Crippen LogP contribution < -0.4 is 5.32 Å². The smallest absolute Gasteiger partial charge is 0.308 e. The summed E-state index contributed by atoms with van der Waals surface area (Å²) in [6.45, 7) is 6.48. The summed E-state index contributed by atoms with van der Waals surface area (Å²) in [7, 11) is 0. The molecule has 1 aliphatic rings. The highest BCUT2D eigenvalue weighted by Crippen LogP contribution is 2.15. The summed E-state index contributed by atoms with van der Waals surface area (Å²) in [4.78, 5) is 24.4. The number of rotatable bonds is 7. The standard InChI is InChI=1S/C13H24N2O3/c1-3-15(9-10(2)13(17)18)12(16)5-4-11-6-7-14-8-11/h10-11,14H,3-9H2,1-2H3,(H,17,18). The van der Waals surface area contributed by atoms with Crippen LogP contribution in [0.15, 0.2) is 0 Å². The number of carbonyl (C=O) groups is 2. The van der Waals surface area contributed by atoms with Crippen LogP contribution >= 0.6 is 0 Å². The Hall–Kier alpha value is -1.10. The zero-order valence-electron chi connectivity index (χ0n) is 11.3. The molecule has 2 N–H and O–H groups in total. The van der Waals surface area contributed by atoms with E-state index < -0.39 is 11.9 Å². The van der Waals surface area contributed by atoms with Crippen LogP contribution in [-0.4, -0.2) is 48.1 Å². The number of carboxylic acid groups (broad SMARTS) is 1. The molecule has 104 valence electrons. The van der Waals surface area contributed by atoms with Gasteiger partial charge in [-0.1, -0.05) is 6.92 Å². The quantitative estimate of drug-likeness (QED) is 0.711. The number of carboxylic acids is 1. The lowest BCUT2D eigenvalue weighted by atomic mass is 10.0. The number of amides is 1. The molecular formula is C13H24N2O3. The number of nitrogens with one attached hydrogen (secondary N) is 1. The van der Waals surface area contributed by atoms with Crippen molar-refractivity contribution in [1.82, 2.24) is 10.2 Å². The number of hydrogen-bond acceptors (Lipinski definition) is 3. The SMILES string of the molecule is CCN(CC(C)C(=O)O)C(=O)CCC1CCNC1. The summed E-state index contributed by atoms with van der Waals surface area (Å²) in [5.74, 6) is -0.662. The van der Waals surface area contributed by atoms with Crippen molar-refractivity contribution in [3.63, 3.8) is 0 Å². The van der Waals surface area contributed by atoms with E-state index >= 15 is 0 Å². The summed E-state index contributed by atoms with van der Waals surface area (Å²) in [5.41, 5.74) is 0. The largest absolute Gasteiger partial charge is 0.481 e. The van der Waals surface area contributed by atoms with E-state index in [1.54, 1.807) is 11.8 Å². The molecule has 0 aliphatic carbocycles. The predicted octanol–water partition coefficient (Wildman–Crippen LogP) is 0.945. The van der Waals surface area contributed by atoms with Crippen molar-refractivity contribution in [1.29, 1.82) is 0 Å². The first-order valence-electron chi connectivity index (χ1n) is 6.75. The molecule has 0 radical (unpaired) electrons. The van der Waals surface area contributed by atoms with Gasteiger partial charge in [0.2, 0.25) is 5.91 Å². The molecule has 0 saturated carbocycles. The molecule has 1 fully saturated rings. The minimum Gasteiger partial charge on any atom is -0.481 e. The molecule has 5 heteroatoms. The first kappa shape index (κ1) is 15.0. The molecule has 1 heterocycles. The van der Waals surface area contributed by atoms with Crippen LogP contribution in [0.3, 0.4) is 0 Å². The summed E-state index contributed by atoms with van der Waals surface area (Å²) < 4.78 is 0. The van der Waals surface area contributed by atoms with Crippen LogP contribution in [0.5, 0.6) is 0 Å². The summed E-state index contributed by atoms with van der Waals surface area (Å²) in [6.07, 6.45) is 2.58. The van der Waals surface area contributed by atoms with E-state index in [0.29, 0.717) is 25.4 Å². The second-order valence-electron chi connectivity index (χ2n) is 5.07. The van der Waals surface area contributed by atoms with Crippen LogP contribution in [0.2, 0.25) is 0 Å². The van der Waals surface area contributed by atoms with Crippen LogP contribution in [-0.2, 0) is 9.59 Å². The van der Waals surface area contributed by atoms with Gasteiger partial charge in [-0.3, -0.25) is 9.59 Å². The van der Waals surface area contributed by atoms with E-state index in [2.05, 4.69) is 5.32 Å². The van der Waals surface area contributed by atoms with E-state index in [4.69, 9.17) is 5.11 Å². The minimum atomic E-state index is -0.846. The summed E-state index contributed by atoms with van der Waals surface area (Å²) in [5, 5.41) is 12.1. The van der Waals surface area contributed by atoms with Gasteiger partial charge >= 0.3 is 5.97 Å². The Balaban J connectivity index is 2.33. The second-order valence-corrected chi connectivity index (χ2v) is 5.07. The summed E-state index contributed by atoms with van der Waals surface area (Å²) in [6, 6.07) is 0. The molecule has 2 atom stereocenters. The first-order chi connectivity index (χ1) is 8.54. The van der Waals surface area contributed by atoms with Crippen molar-refractivity contribution in [3.05, 3.63) is 0 Å². The Morgan fingerprint density at radius 2 is 2.22 bits per heavy atom. The van der Waals surface area contributed by atoms with E-state index in [1.807, 2.05) is 6.92 Å². The normalized spacial score (nSPS) is 20.7. The van der Waals surface area contributed by atoms with Crippen LogP contribution in [0, 0.1) is 11.8 Å². The van der Waals surface area contributed by atoms with Gasteiger partial charge in [-0.2, -0.15) is 0 Å². The van der Waals surface area contributed by atoms with E-state index in [9.17, 15) is 9.59 Å². The molecule has 0 aromatic carbocycles. The molecule has 0 aromatic rings. The maximum atomic E-state index is 12.0. The molecule has 18 heavy (non-hydrogen) atoms. The van der Waals surface area contributed by atoms with Gasteiger partial charge in [-0.05, 0) is 38.8 Å². The fraction of sp³-hybridized carbons (Fsp3) is 0.846. The molecule has 5 nitrogen and oxygen atoms in total. The molecule has 0 aromatic heterocycles. The van der Waals surface area contributed by atoms with Gasteiger partial charge in [0.1, 0.15) is 0 Å². The fourth-order valence-electron chi connectivity index (χ4n) is 2.26. The second kappa shape index (κ2) is 7.36. The zero-order valence-corrected chi connectivity index (χ0v) is 11.3. The monoisotopic (exact) mass is 256 g/mol. The Kier molecular flexibility index (Phi) is 6.12. The third kappa shape index (κ3) is 4.64. The highest BCUT2D eigenvalue weighted by molar-refractivity contribution is 5.77. The maximum absolute atomic E-state index is 12.0. The zero-order chi connectivity index (χ0) is 13.5. The Morgan fingerprint density at radius 1 is 1.50 bits per heavy atom. The Labute approximate surface area is 109 Å². The van der Waals surface area contributed by atoms with Gasteiger partial charge in [0.05, 0.1) is 5.92 Å². The van der Waals surface area contributed by atoms with Crippen molar-refractivity contribution in [2.24, 2.45) is 11.8 Å². The molecule has 1 amide bonds. The average Bonchev–Trinajstić information content (AvgIpc) is 2.85. The molecule has 1 aliphatic heterocycles. The van der Waals surface area contributed by atoms with Gasteiger partial charge in [0.25, 0.3) is 0 Å². The van der Waals surface area contributed by atoms with Gasteiger partial charge in [-0.15, -0.1) is 0 Å². The van der Waals surface area contributed by atoms with Crippen molar-refractivity contribution < 1.29 is 14.7 Å². The molecular weight excluding hydrogens is 232 g/mol. The molecule has 2 unspecified atom stereocenters. The molecule has 0 spiro atoms. The highest BCUT2D eigenvalue weighted by Gasteiger charge is 2.21.